The number of hydrogen-bond donors (Lipinski definition) is 1. The average Bonchev–Trinajstić information content (AvgIpc) is 2.04. The Hall–Kier alpha value is -1.23. The molecule has 0 bridgehead atoms. The quantitative estimate of drug-likeness (QED) is 0.319. The Morgan fingerprint density at radius 1 is 1.45 bits per heavy atom. The van der Waals surface area contributed by atoms with Gasteiger partial charge in [0.1, 0.15) is 0 Å². The van der Waals surface area contributed by atoms with Crippen LogP contribution in [0, 0.1) is 10.1 Å². The molecule has 1 aromatic carbocycles. The molecule has 11 heavy (non-hydrogen) atoms. The van der Waals surface area contributed by atoms with Crippen molar-refractivity contribution in [2.24, 2.45) is 0 Å². The zero-order chi connectivity index (χ0) is 8.27. The Kier molecular flexibility index (Phi) is 2.32. The highest BCUT2D eigenvalue weighted by molar-refractivity contribution is 7.75. The third-order valence-electron chi connectivity index (χ3n) is 1.16. The van der Waals surface area contributed by atoms with Gasteiger partial charge in [0.05, 0.1) is 4.92 Å². The SMILES string of the molecule is O=[N+]([O-])c1ccccc1OS. The van der Waals surface area contributed by atoms with Crippen molar-refractivity contribution in [3.63, 3.8) is 0 Å². The van der Waals surface area contributed by atoms with Crippen LogP contribution in [-0.2, 0) is 0 Å². The zero-order valence-corrected chi connectivity index (χ0v) is 6.32. The molecule has 0 fully saturated rings. The van der Waals surface area contributed by atoms with Gasteiger partial charge >= 0.3 is 5.69 Å². The van der Waals surface area contributed by atoms with Crippen molar-refractivity contribution in [3.05, 3.63) is 34.4 Å². The van der Waals surface area contributed by atoms with E-state index < -0.39 is 4.92 Å². The third kappa shape index (κ3) is 1.62. The van der Waals surface area contributed by atoms with Gasteiger partial charge in [-0.05, 0) is 6.07 Å². The van der Waals surface area contributed by atoms with Crippen molar-refractivity contribution < 1.29 is 9.11 Å². The van der Waals surface area contributed by atoms with Gasteiger partial charge in [0.15, 0.2) is 0 Å². The molecule has 0 radical (unpaired) electrons. The summed E-state index contributed by atoms with van der Waals surface area (Å²) in [5.74, 6) is 0.154. The van der Waals surface area contributed by atoms with Crippen molar-refractivity contribution in [3.8, 4) is 5.75 Å². The molecule has 0 aromatic heterocycles. The number of nitro groups is 1. The minimum Gasteiger partial charge on any atom is -0.422 e. The van der Waals surface area contributed by atoms with E-state index in [4.69, 9.17) is 0 Å². The lowest BCUT2D eigenvalue weighted by Gasteiger charge is -1.96. The molecule has 0 aliphatic rings. The Labute approximate surface area is 68.6 Å². The minimum absolute atomic E-state index is 0.0810. The molecule has 0 aliphatic carbocycles. The second kappa shape index (κ2) is 3.25. The van der Waals surface area contributed by atoms with E-state index in [2.05, 4.69) is 17.1 Å². The summed E-state index contributed by atoms with van der Waals surface area (Å²) in [4.78, 5) is 9.75. The van der Waals surface area contributed by atoms with E-state index in [1.54, 1.807) is 12.1 Å². The van der Waals surface area contributed by atoms with E-state index in [1.165, 1.54) is 12.1 Å². The first-order valence-corrected chi connectivity index (χ1v) is 3.17. The fourth-order valence-electron chi connectivity index (χ4n) is 0.685. The van der Waals surface area contributed by atoms with Gasteiger partial charge < -0.3 is 4.18 Å². The molecule has 1 rings (SSSR count). The number of hydrogen-bond acceptors (Lipinski definition) is 4. The van der Waals surface area contributed by atoms with Gasteiger partial charge in [-0.25, -0.2) is 0 Å². The summed E-state index contributed by atoms with van der Waals surface area (Å²) in [5, 5.41) is 10.3. The van der Waals surface area contributed by atoms with E-state index in [1.807, 2.05) is 0 Å². The van der Waals surface area contributed by atoms with E-state index in [0.29, 0.717) is 0 Å². The number of nitrogens with zero attached hydrogens (tertiary/aromatic N) is 1. The first-order chi connectivity index (χ1) is 5.25. The number of para-hydroxylation sites is 2. The average molecular weight is 171 g/mol. The topological polar surface area (TPSA) is 52.4 Å². The largest absolute Gasteiger partial charge is 0.422 e. The van der Waals surface area contributed by atoms with Crippen LogP contribution in [0.4, 0.5) is 5.69 Å². The van der Waals surface area contributed by atoms with Crippen molar-refractivity contribution in [2.75, 3.05) is 0 Å². The maximum absolute atomic E-state index is 10.3. The molecule has 0 atom stereocenters. The normalized spacial score (nSPS) is 9.18. The van der Waals surface area contributed by atoms with Gasteiger partial charge in [-0.3, -0.25) is 10.1 Å². The lowest BCUT2D eigenvalue weighted by Crippen LogP contribution is -1.89. The summed E-state index contributed by atoms with van der Waals surface area (Å²) in [6, 6.07) is 6.03. The highest BCUT2D eigenvalue weighted by Crippen LogP contribution is 2.26. The number of nitro benzene ring substituents is 1. The van der Waals surface area contributed by atoms with Gasteiger partial charge in [0.2, 0.25) is 5.75 Å². The second-order valence-corrected chi connectivity index (χ2v) is 2.00. The predicted molar refractivity (Wildman–Crippen MR) is 42.7 cm³/mol. The molecular formula is C6H5NO3S. The van der Waals surface area contributed by atoms with Gasteiger partial charge in [-0.15, -0.1) is 0 Å². The van der Waals surface area contributed by atoms with Crippen LogP contribution in [0.2, 0.25) is 0 Å². The summed E-state index contributed by atoms with van der Waals surface area (Å²) in [6.07, 6.45) is 0. The van der Waals surface area contributed by atoms with Crippen LogP contribution < -0.4 is 4.18 Å². The first-order valence-electron chi connectivity index (χ1n) is 2.80. The Bertz CT molecular complexity index is 276. The predicted octanol–water partition coefficient (Wildman–Crippen LogP) is 1.82. The molecule has 0 heterocycles. The molecule has 0 aliphatic heterocycles. The number of thiol groups is 1. The first kappa shape index (κ1) is 7.87. The molecule has 58 valence electrons. The Balaban J connectivity index is 3.12. The number of rotatable bonds is 2. The fraction of sp³-hybridized carbons (Fsp3) is 0. The fourth-order valence-corrected chi connectivity index (χ4v) is 0.840. The Morgan fingerprint density at radius 2 is 2.09 bits per heavy atom. The summed E-state index contributed by atoms with van der Waals surface area (Å²) in [6.45, 7) is 0. The summed E-state index contributed by atoms with van der Waals surface area (Å²) < 4.78 is 4.46. The van der Waals surface area contributed by atoms with Crippen LogP contribution in [0.25, 0.3) is 0 Å². The molecule has 5 heteroatoms. The molecule has 0 unspecified atom stereocenters. The van der Waals surface area contributed by atoms with Crippen molar-refractivity contribution in [1.82, 2.24) is 0 Å². The summed E-state index contributed by atoms with van der Waals surface area (Å²) >= 11 is 3.47. The molecule has 4 nitrogen and oxygen atoms in total. The van der Waals surface area contributed by atoms with Crippen LogP contribution in [-0.4, -0.2) is 4.92 Å². The maximum atomic E-state index is 10.3. The molecule has 0 N–H and O–H groups in total. The lowest BCUT2D eigenvalue weighted by atomic mass is 10.3. The van der Waals surface area contributed by atoms with Gasteiger partial charge in [0, 0.05) is 19.0 Å². The van der Waals surface area contributed by atoms with E-state index in [9.17, 15) is 10.1 Å². The minimum atomic E-state index is -0.522. The molecule has 1 aromatic rings. The molecule has 0 amide bonds. The smallest absolute Gasteiger partial charge is 0.312 e. The highest BCUT2D eigenvalue weighted by Gasteiger charge is 2.11. The summed E-state index contributed by atoms with van der Waals surface area (Å²) in [5.41, 5.74) is -0.0810. The van der Waals surface area contributed by atoms with E-state index >= 15 is 0 Å². The summed E-state index contributed by atoms with van der Waals surface area (Å²) in [7, 11) is 0. The van der Waals surface area contributed by atoms with Crippen LogP contribution in [0.15, 0.2) is 24.3 Å². The zero-order valence-electron chi connectivity index (χ0n) is 5.43. The van der Waals surface area contributed by atoms with Gasteiger partial charge in [0.25, 0.3) is 0 Å². The van der Waals surface area contributed by atoms with Crippen molar-refractivity contribution in [2.45, 2.75) is 0 Å². The lowest BCUT2D eigenvalue weighted by molar-refractivity contribution is -0.385. The van der Waals surface area contributed by atoms with Crippen LogP contribution in [0.5, 0.6) is 5.75 Å². The van der Waals surface area contributed by atoms with Crippen LogP contribution in [0.3, 0.4) is 0 Å². The standard InChI is InChI=1S/C6H5NO3S/c8-7(9)5-3-1-2-4-6(5)10-11/h1-4,11H. The van der Waals surface area contributed by atoms with E-state index in [-0.39, 0.29) is 11.4 Å². The number of benzene rings is 1. The van der Waals surface area contributed by atoms with Crippen LogP contribution in [0.1, 0.15) is 0 Å². The molecule has 0 saturated heterocycles. The monoisotopic (exact) mass is 171 g/mol. The van der Waals surface area contributed by atoms with Gasteiger partial charge in [-0.1, -0.05) is 12.1 Å². The van der Waals surface area contributed by atoms with E-state index in [0.717, 1.165) is 0 Å². The van der Waals surface area contributed by atoms with Crippen molar-refractivity contribution in [1.29, 1.82) is 0 Å². The molecular weight excluding hydrogens is 166 g/mol. The van der Waals surface area contributed by atoms with Crippen LogP contribution >= 0.6 is 12.9 Å². The molecule has 0 saturated carbocycles. The molecule has 0 spiro atoms. The third-order valence-corrected chi connectivity index (χ3v) is 1.36. The second-order valence-electron chi connectivity index (χ2n) is 1.82. The Morgan fingerprint density at radius 3 is 2.55 bits per heavy atom. The van der Waals surface area contributed by atoms with Crippen molar-refractivity contribution >= 4 is 18.6 Å². The maximum Gasteiger partial charge on any atom is 0.312 e. The highest BCUT2D eigenvalue weighted by atomic mass is 32.1. The van der Waals surface area contributed by atoms with Gasteiger partial charge in [-0.2, -0.15) is 0 Å².